The summed E-state index contributed by atoms with van der Waals surface area (Å²) in [7, 11) is 0. The van der Waals surface area contributed by atoms with Crippen LogP contribution in [0, 0.1) is 11.8 Å². The first-order chi connectivity index (χ1) is 12.7. The maximum atomic E-state index is 12.2. The average molecular weight is 357 g/mol. The number of carbonyl (C=O) groups is 1. The van der Waals surface area contributed by atoms with Gasteiger partial charge in [0.1, 0.15) is 0 Å². The van der Waals surface area contributed by atoms with E-state index in [1.54, 1.807) is 0 Å². The third-order valence-corrected chi connectivity index (χ3v) is 6.31. The Morgan fingerprint density at radius 1 is 0.808 bits per heavy atom. The Kier molecular flexibility index (Phi) is 10.0. The van der Waals surface area contributed by atoms with Gasteiger partial charge in [0.15, 0.2) is 5.78 Å². The lowest BCUT2D eigenvalue weighted by molar-refractivity contribution is 0.0979. The van der Waals surface area contributed by atoms with E-state index in [-0.39, 0.29) is 0 Å². The van der Waals surface area contributed by atoms with E-state index < -0.39 is 0 Å². The summed E-state index contributed by atoms with van der Waals surface area (Å²) in [6.45, 7) is 4.48. The van der Waals surface area contributed by atoms with Gasteiger partial charge >= 0.3 is 0 Å². The normalized spacial score (nSPS) is 20.2. The zero-order valence-corrected chi connectivity index (χ0v) is 17.3. The Labute approximate surface area is 162 Å². The van der Waals surface area contributed by atoms with E-state index in [2.05, 4.69) is 26.0 Å². The van der Waals surface area contributed by atoms with Crippen molar-refractivity contribution in [3.63, 3.8) is 0 Å². The van der Waals surface area contributed by atoms with Gasteiger partial charge in [0.2, 0.25) is 0 Å². The van der Waals surface area contributed by atoms with Gasteiger partial charge in [0, 0.05) is 12.0 Å². The first kappa shape index (κ1) is 21.2. The minimum Gasteiger partial charge on any atom is -0.294 e. The van der Waals surface area contributed by atoms with Crippen LogP contribution in [0.15, 0.2) is 24.3 Å². The van der Waals surface area contributed by atoms with Crippen molar-refractivity contribution in [2.75, 3.05) is 0 Å². The molecule has 26 heavy (non-hydrogen) atoms. The second-order valence-electron chi connectivity index (χ2n) is 8.50. The van der Waals surface area contributed by atoms with Crippen molar-refractivity contribution in [2.24, 2.45) is 11.8 Å². The molecule has 0 radical (unpaired) electrons. The molecule has 1 fully saturated rings. The summed E-state index contributed by atoms with van der Waals surface area (Å²) in [5, 5.41) is 0. The van der Waals surface area contributed by atoms with E-state index in [0.717, 1.165) is 30.2 Å². The molecule has 0 heterocycles. The van der Waals surface area contributed by atoms with Crippen molar-refractivity contribution in [1.29, 1.82) is 0 Å². The van der Waals surface area contributed by atoms with E-state index in [9.17, 15) is 4.79 Å². The van der Waals surface area contributed by atoms with Gasteiger partial charge in [-0.3, -0.25) is 4.79 Å². The first-order valence-electron chi connectivity index (χ1n) is 11.3. The molecule has 1 aromatic rings. The highest BCUT2D eigenvalue weighted by molar-refractivity contribution is 5.96. The van der Waals surface area contributed by atoms with Gasteiger partial charge in [-0.05, 0) is 36.7 Å². The second kappa shape index (κ2) is 12.3. The quantitative estimate of drug-likeness (QED) is 0.276. The Morgan fingerprint density at radius 2 is 1.38 bits per heavy atom. The van der Waals surface area contributed by atoms with Gasteiger partial charge in [0.25, 0.3) is 0 Å². The fraction of sp³-hybridized carbons (Fsp3) is 0.720. The number of benzene rings is 1. The molecule has 0 unspecified atom stereocenters. The number of hydrogen-bond acceptors (Lipinski definition) is 1. The molecule has 0 spiro atoms. The smallest absolute Gasteiger partial charge is 0.162 e. The molecule has 0 aliphatic heterocycles. The standard InChI is InChI=1S/C25H40O/c1-3-5-7-9-21-11-13-22(14-12-21)15-16-23-17-19-24(20-18-23)25(26)10-8-6-4-2/h17-22H,3-16H2,1-2H3/t21-,22-. The summed E-state index contributed by atoms with van der Waals surface area (Å²) in [4.78, 5) is 12.2. The monoisotopic (exact) mass is 356 g/mol. The largest absolute Gasteiger partial charge is 0.294 e. The van der Waals surface area contributed by atoms with Crippen LogP contribution in [0.5, 0.6) is 0 Å². The number of unbranched alkanes of at least 4 members (excludes halogenated alkanes) is 4. The van der Waals surface area contributed by atoms with Crippen molar-refractivity contribution in [2.45, 2.75) is 104 Å². The Balaban J connectivity index is 1.66. The number of Topliss-reactive ketones (excluding diaryl/α,β-unsaturated/α-hetero) is 1. The zero-order valence-electron chi connectivity index (χ0n) is 17.3. The van der Waals surface area contributed by atoms with Crippen LogP contribution in [0.25, 0.3) is 0 Å². The molecule has 1 aliphatic rings. The van der Waals surface area contributed by atoms with Crippen LogP contribution in [0.2, 0.25) is 0 Å². The van der Waals surface area contributed by atoms with Crippen molar-refractivity contribution < 1.29 is 4.79 Å². The van der Waals surface area contributed by atoms with E-state index >= 15 is 0 Å². The summed E-state index contributed by atoms with van der Waals surface area (Å²) >= 11 is 0. The van der Waals surface area contributed by atoms with Crippen LogP contribution in [-0.4, -0.2) is 5.78 Å². The van der Waals surface area contributed by atoms with Gasteiger partial charge in [-0.2, -0.15) is 0 Å². The fourth-order valence-electron chi connectivity index (χ4n) is 4.40. The molecule has 0 atom stereocenters. The minimum atomic E-state index is 0.311. The van der Waals surface area contributed by atoms with Gasteiger partial charge in [-0.25, -0.2) is 0 Å². The molecule has 1 aliphatic carbocycles. The summed E-state index contributed by atoms with van der Waals surface area (Å²) in [6.07, 6.45) is 18.0. The van der Waals surface area contributed by atoms with Gasteiger partial charge in [-0.15, -0.1) is 0 Å². The highest BCUT2D eigenvalue weighted by atomic mass is 16.1. The molecule has 0 amide bonds. The van der Waals surface area contributed by atoms with Gasteiger partial charge < -0.3 is 0 Å². The Bertz CT molecular complexity index is 493. The zero-order chi connectivity index (χ0) is 18.6. The fourth-order valence-corrected chi connectivity index (χ4v) is 4.40. The van der Waals surface area contributed by atoms with Crippen molar-refractivity contribution in [1.82, 2.24) is 0 Å². The van der Waals surface area contributed by atoms with Crippen LogP contribution in [0.4, 0.5) is 0 Å². The van der Waals surface area contributed by atoms with Gasteiger partial charge in [0.05, 0.1) is 0 Å². The Hall–Kier alpha value is -1.11. The van der Waals surface area contributed by atoms with Crippen molar-refractivity contribution >= 4 is 5.78 Å². The lowest BCUT2D eigenvalue weighted by Gasteiger charge is -2.28. The summed E-state index contributed by atoms with van der Waals surface area (Å²) < 4.78 is 0. The maximum Gasteiger partial charge on any atom is 0.162 e. The Morgan fingerprint density at radius 3 is 2.00 bits per heavy atom. The van der Waals surface area contributed by atoms with Crippen molar-refractivity contribution in [3.8, 4) is 0 Å². The maximum absolute atomic E-state index is 12.2. The molecule has 0 saturated heterocycles. The molecule has 2 rings (SSSR count). The van der Waals surface area contributed by atoms with Gasteiger partial charge in [-0.1, -0.05) is 102 Å². The predicted octanol–water partition coefficient (Wildman–Crippen LogP) is 7.77. The topological polar surface area (TPSA) is 17.1 Å². The molecular formula is C25H40O. The number of hydrogen-bond donors (Lipinski definition) is 0. The molecule has 1 nitrogen and oxygen atoms in total. The number of carbonyl (C=O) groups excluding carboxylic acids is 1. The van der Waals surface area contributed by atoms with E-state index in [4.69, 9.17) is 0 Å². The van der Waals surface area contributed by atoms with E-state index in [1.165, 1.54) is 76.2 Å². The first-order valence-corrected chi connectivity index (χ1v) is 11.3. The molecule has 0 bridgehead atoms. The van der Waals surface area contributed by atoms with Crippen LogP contribution in [-0.2, 0) is 6.42 Å². The number of ketones is 1. The number of rotatable bonds is 12. The van der Waals surface area contributed by atoms with E-state index in [1.807, 2.05) is 12.1 Å². The highest BCUT2D eigenvalue weighted by Gasteiger charge is 2.20. The van der Waals surface area contributed by atoms with Crippen LogP contribution >= 0.6 is 0 Å². The lowest BCUT2D eigenvalue weighted by Crippen LogP contribution is -2.15. The molecule has 146 valence electrons. The molecule has 1 heteroatoms. The summed E-state index contributed by atoms with van der Waals surface area (Å²) in [6, 6.07) is 8.47. The second-order valence-corrected chi connectivity index (χ2v) is 8.50. The SMILES string of the molecule is CCCCCC(=O)c1ccc(CC[C@H]2CC[C@H](CCCCC)CC2)cc1. The average Bonchev–Trinajstić information content (AvgIpc) is 2.68. The summed E-state index contributed by atoms with van der Waals surface area (Å²) in [5.74, 6) is 2.25. The third-order valence-electron chi connectivity index (χ3n) is 6.31. The lowest BCUT2D eigenvalue weighted by atomic mass is 9.78. The van der Waals surface area contributed by atoms with E-state index in [0.29, 0.717) is 12.2 Å². The predicted molar refractivity (Wildman–Crippen MR) is 113 cm³/mol. The molecular weight excluding hydrogens is 316 g/mol. The molecule has 1 aromatic carbocycles. The van der Waals surface area contributed by atoms with Crippen molar-refractivity contribution in [3.05, 3.63) is 35.4 Å². The number of aryl methyl sites for hydroxylation is 1. The third kappa shape index (κ3) is 7.64. The molecule has 1 saturated carbocycles. The molecule has 0 aromatic heterocycles. The minimum absolute atomic E-state index is 0.311. The van der Waals surface area contributed by atoms with Crippen LogP contribution < -0.4 is 0 Å². The summed E-state index contributed by atoms with van der Waals surface area (Å²) in [5.41, 5.74) is 2.30. The van der Waals surface area contributed by atoms with Crippen LogP contribution in [0.1, 0.15) is 113 Å². The highest BCUT2D eigenvalue weighted by Crippen LogP contribution is 2.34. The molecule has 0 N–H and O–H groups in total. The van der Waals surface area contributed by atoms with Crippen LogP contribution in [0.3, 0.4) is 0 Å².